The Kier molecular flexibility index (Phi) is 8.70. The number of fused-ring (bicyclic) bond motifs is 5. The highest BCUT2D eigenvalue weighted by Crippen LogP contribution is 2.67. The Hall–Kier alpha value is -0.830. The van der Waals surface area contributed by atoms with Crippen molar-refractivity contribution in [2.45, 2.75) is 138 Å². The fourth-order valence-electron chi connectivity index (χ4n) is 9.61. The van der Waals surface area contributed by atoms with Gasteiger partial charge in [-0.1, -0.05) is 79.4 Å². The molecule has 206 valence electrons. The second-order valence-electron chi connectivity index (χ2n) is 14.8. The number of ether oxygens (including phenoxy) is 1. The summed E-state index contributed by atoms with van der Waals surface area (Å²) in [6, 6.07) is -0.484. The van der Waals surface area contributed by atoms with Gasteiger partial charge in [0.1, 0.15) is 12.1 Å². The highest BCUT2D eigenvalue weighted by molar-refractivity contribution is 5.75. The number of carbonyl (C=O) groups excluding carboxylic acids is 1. The highest BCUT2D eigenvalue weighted by Gasteiger charge is 2.59. The molecule has 3 heteroatoms. The summed E-state index contributed by atoms with van der Waals surface area (Å²) in [5.41, 5.74) is 8.55. The first-order valence-corrected chi connectivity index (χ1v) is 15.6. The van der Waals surface area contributed by atoms with E-state index >= 15 is 0 Å². The Morgan fingerprint density at radius 1 is 1.00 bits per heavy atom. The second-order valence-corrected chi connectivity index (χ2v) is 14.8. The SMILES string of the molecule is CC(C)CCC[C@H](C)C1CC[C@@H]2[C@H]3CC=C4C[C@H](OC(=O)C(N)CC(C)C)CC[C@@]4(C)[C@@H]3CC[C@@]12C. The zero-order valence-electron chi connectivity index (χ0n) is 24.7. The van der Waals surface area contributed by atoms with Crippen molar-refractivity contribution in [3.05, 3.63) is 11.6 Å². The third-order valence-corrected chi connectivity index (χ3v) is 11.6. The lowest BCUT2D eigenvalue weighted by Gasteiger charge is -2.58. The molecule has 36 heavy (non-hydrogen) atoms. The standard InChI is InChI=1S/C33H57NO2/c1-21(2)9-8-10-23(5)27-13-14-28-26-12-11-24-20-25(36-31(35)30(34)19-22(3)4)15-17-32(24,6)29(26)16-18-33(27,28)7/h11,21-23,25-30H,8-10,12-20,34H2,1-7H3/t23-,25+,26+,27?,28+,29+,30?,32+,33-/m0/s1. The van der Waals surface area contributed by atoms with Crippen molar-refractivity contribution in [1.82, 2.24) is 0 Å². The molecular formula is C33H57NO2. The summed E-state index contributed by atoms with van der Waals surface area (Å²) in [4.78, 5) is 12.6. The van der Waals surface area contributed by atoms with E-state index in [1.807, 2.05) is 0 Å². The first-order valence-electron chi connectivity index (χ1n) is 15.6. The van der Waals surface area contributed by atoms with Gasteiger partial charge in [0.05, 0.1) is 0 Å². The Bertz CT molecular complexity index is 802. The smallest absolute Gasteiger partial charge is 0.323 e. The van der Waals surface area contributed by atoms with E-state index in [1.165, 1.54) is 51.4 Å². The predicted molar refractivity (Wildman–Crippen MR) is 150 cm³/mol. The molecule has 0 spiro atoms. The number of nitrogens with two attached hydrogens (primary N) is 1. The fraction of sp³-hybridized carbons (Fsp3) is 0.909. The molecule has 0 radical (unpaired) electrons. The van der Waals surface area contributed by atoms with Gasteiger partial charge in [0.15, 0.2) is 0 Å². The summed E-state index contributed by atoms with van der Waals surface area (Å²) < 4.78 is 5.95. The van der Waals surface area contributed by atoms with Gasteiger partial charge < -0.3 is 10.5 Å². The van der Waals surface area contributed by atoms with E-state index in [2.05, 4.69) is 54.5 Å². The van der Waals surface area contributed by atoms with Crippen LogP contribution in [0.4, 0.5) is 0 Å². The van der Waals surface area contributed by atoms with Gasteiger partial charge in [-0.05, 0) is 104 Å². The zero-order valence-corrected chi connectivity index (χ0v) is 24.7. The summed E-state index contributed by atoms with van der Waals surface area (Å²) >= 11 is 0. The number of hydrogen-bond acceptors (Lipinski definition) is 3. The lowest BCUT2D eigenvalue weighted by Crippen LogP contribution is -2.51. The largest absolute Gasteiger partial charge is 0.461 e. The Labute approximate surface area is 222 Å². The van der Waals surface area contributed by atoms with Crippen molar-refractivity contribution in [3.8, 4) is 0 Å². The molecule has 0 aromatic heterocycles. The molecule has 0 bridgehead atoms. The van der Waals surface area contributed by atoms with Crippen LogP contribution < -0.4 is 5.73 Å². The Balaban J connectivity index is 1.41. The van der Waals surface area contributed by atoms with E-state index in [0.717, 1.165) is 54.8 Å². The van der Waals surface area contributed by atoms with Crippen LogP contribution in [0.2, 0.25) is 0 Å². The van der Waals surface area contributed by atoms with E-state index in [1.54, 1.807) is 5.57 Å². The van der Waals surface area contributed by atoms with Gasteiger partial charge in [-0.25, -0.2) is 0 Å². The minimum Gasteiger partial charge on any atom is -0.461 e. The van der Waals surface area contributed by atoms with E-state index in [4.69, 9.17) is 10.5 Å². The van der Waals surface area contributed by atoms with Gasteiger partial charge in [-0.3, -0.25) is 4.79 Å². The summed E-state index contributed by atoms with van der Waals surface area (Å²) in [6.07, 6.45) is 17.6. The molecule has 0 aromatic carbocycles. The van der Waals surface area contributed by atoms with Crippen LogP contribution in [0.15, 0.2) is 11.6 Å². The molecular weight excluding hydrogens is 442 g/mol. The van der Waals surface area contributed by atoms with Crippen LogP contribution in [0, 0.1) is 52.3 Å². The molecule has 4 aliphatic rings. The molecule has 9 atom stereocenters. The molecule has 0 aliphatic heterocycles. The summed E-state index contributed by atoms with van der Waals surface area (Å²) in [6.45, 7) is 16.8. The van der Waals surface area contributed by atoms with E-state index in [9.17, 15) is 4.79 Å². The molecule has 4 aliphatic carbocycles. The second kappa shape index (κ2) is 11.1. The van der Waals surface area contributed by atoms with E-state index in [0.29, 0.717) is 23.2 Å². The van der Waals surface area contributed by atoms with Crippen molar-refractivity contribution >= 4 is 5.97 Å². The third kappa shape index (κ3) is 5.48. The maximum Gasteiger partial charge on any atom is 0.323 e. The van der Waals surface area contributed by atoms with Gasteiger partial charge >= 0.3 is 5.97 Å². The van der Waals surface area contributed by atoms with Crippen LogP contribution in [-0.4, -0.2) is 18.1 Å². The minimum atomic E-state index is -0.484. The molecule has 2 unspecified atom stereocenters. The number of carbonyl (C=O) groups is 1. The van der Waals surface area contributed by atoms with Crippen LogP contribution in [0.3, 0.4) is 0 Å². The van der Waals surface area contributed by atoms with Crippen molar-refractivity contribution in [1.29, 1.82) is 0 Å². The summed E-state index contributed by atoms with van der Waals surface area (Å²) in [5.74, 6) is 5.39. The average molecular weight is 500 g/mol. The van der Waals surface area contributed by atoms with Crippen LogP contribution in [0.25, 0.3) is 0 Å². The molecule has 0 amide bonds. The maximum atomic E-state index is 12.6. The van der Waals surface area contributed by atoms with Gasteiger partial charge in [-0.15, -0.1) is 0 Å². The third-order valence-electron chi connectivity index (χ3n) is 11.6. The van der Waals surface area contributed by atoms with E-state index in [-0.39, 0.29) is 12.1 Å². The first kappa shape index (κ1) is 28.2. The van der Waals surface area contributed by atoms with E-state index < -0.39 is 6.04 Å². The summed E-state index contributed by atoms with van der Waals surface area (Å²) in [7, 11) is 0. The normalized spacial score (nSPS) is 39.7. The van der Waals surface area contributed by atoms with Crippen molar-refractivity contribution in [2.75, 3.05) is 0 Å². The fourth-order valence-corrected chi connectivity index (χ4v) is 9.61. The van der Waals surface area contributed by atoms with Crippen LogP contribution in [0.5, 0.6) is 0 Å². The lowest BCUT2D eigenvalue weighted by atomic mass is 9.47. The molecule has 3 saturated carbocycles. The first-order chi connectivity index (χ1) is 17.0. The minimum absolute atomic E-state index is 0.0167. The molecule has 3 nitrogen and oxygen atoms in total. The van der Waals surface area contributed by atoms with Crippen LogP contribution >= 0.6 is 0 Å². The number of hydrogen-bond donors (Lipinski definition) is 1. The molecule has 0 aromatic rings. The van der Waals surface area contributed by atoms with Crippen molar-refractivity contribution in [3.63, 3.8) is 0 Å². The molecule has 2 N–H and O–H groups in total. The topological polar surface area (TPSA) is 52.3 Å². The van der Waals surface area contributed by atoms with Gasteiger partial charge in [0, 0.05) is 6.42 Å². The number of allylic oxidation sites excluding steroid dienone is 1. The monoisotopic (exact) mass is 499 g/mol. The number of esters is 1. The van der Waals surface area contributed by atoms with Crippen LogP contribution in [0.1, 0.15) is 126 Å². The quantitative estimate of drug-likeness (QED) is 0.256. The Morgan fingerprint density at radius 3 is 2.44 bits per heavy atom. The molecule has 3 fully saturated rings. The maximum absolute atomic E-state index is 12.6. The zero-order chi connectivity index (χ0) is 26.3. The summed E-state index contributed by atoms with van der Waals surface area (Å²) in [5, 5.41) is 0. The van der Waals surface area contributed by atoms with Crippen LogP contribution in [-0.2, 0) is 9.53 Å². The van der Waals surface area contributed by atoms with Gasteiger partial charge in [-0.2, -0.15) is 0 Å². The van der Waals surface area contributed by atoms with Crippen molar-refractivity contribution < 1.29 is 9.53 Å². The highest BCUT2D eigenvalue weighted by atomic mass is 16.5. The lowest BCUT2D eigenvalue weighted by molar-refractivity contribution is -0.153. The molecule has 0 saturated heterocycles. The number of rotatable bonds is 9. The van der Waals surface area contributed by atoms with Gasteiger partial charge in [0.2, 0.25) is 0 Å². The molecule has 4 rings (SSSR count). The van der Waals surface area contributed by atoms with Crippen molar-refractivity contribution in [2.24, 2.45) is 58.0 Å². The molecule has 0 heterocycles. The average Bonchev–Trinajstić information content (AvgIpc) is 3.15. The predicted octanol–water partition coefficient (Wildman–Crippen LogP) is 8.31. The Morgan fingerprint density at radius 2 is 1.75 bits per heavy atom. The van der Waals surface area contributed by atoms with Gasteiger partial charge in [0.25, 0.3) is 0 Å².